The van der Waals surface area contributed by atoms with Crippen LogP contribution in [0.3, 0.4) is 0 Å². The van der Waals surface area contributed by atoms with Gasteiger partial charge >= 0.3 is 5.92 Å². The van der Waals surface area contributed by atoms with E-state index in [0.717, 1.165) is 12.1 Å². The average molecular weight is 476 g/mol. The van der Waals surface area contributed by atoms with Gasteiger partial charge in [-0.2, -0.15) is 13.8 Å². The molecule has 0 bridgehead atoms. The first-order chi connectivity index (χ1) is 15.8. The molecule has 170 valence electrons. The SMILES string of the molecule is NC(=O)C(F)(F)c1cccc(NC(=O)c2ccc(Cl)c(Oc3ncnc4c3OCCN4)c2)c1. The third-order valence-corrected chi connectivity index (χ3v) is 4.92. The minimum atomic E-state index is -3.88. The summed E-state index contributed by atoms with van der Waals surface area (Å²) >= 11 is 6.21. The normalized spacial score (nSPS) is 12.7. The van der Waals surface area contributed by atoms with Gasteiger partial charge in [0, 0.05) is 16.8 Å². The lowest BCUT2D eigenvalue weighted by Gasteiger charge is -2.19. The molecule has 0 saturated carbocycles. The number of nitrogens with one attached hydrogen (secondary N) is 2. The molecule has 0 fully saturated rings. The Kier molecular flexibility index (Phi) is 5.97. The molecule has 9 nitrogen and oxygen atoms in total. The standard InChI is InChI=1S/C21H16ClF2N5O4/c22-14-5-4-11(8-15(14)33-19-16-17(27-10-28-19)26-6-7-32-16)18(30)29-13-3-1-2-12(9-13)21(23,24)20(25)31/h1-5,8-10H,6-7H2,(H2,25,31)(H,29,30)(H,26,27,28). The predicted octanol–water partition coefficient (Wildman–Crippen LogP) is 3.56. The largest absolute Gasteiger partial charge is 0.483 e. The second kappa shape index (κ2) is 8.87. The Morgan fingerprint density at radius 1 is 1.21 bits per heavy atom. The van der Waals surface area contributed by atoms with Crippen molar-refractivity contribution in [3.05, 3.63) is 64.9 Å². The molecule has 1 aromatic heterocycles. The van der Waals surface area contributed by atoms with Crippen LogP contribution in [-0.4, -0.2) is 34.9 Å². The fraction of sp³-hybridized carbons (Fsp3) is 0.143. The van der Waals surface area contributed by atoms with Crippen LogP contribution in [0.5, 0.6) is 17.4 Å². The van der Waals surface area contributed by atoms with Crippen molar-refractivity contribution in [2.24, 2.45) is 5.73 Å². The van der Waals surface area contributed by atoms with E-state index in [1.165, 1.54) is 36.7 Å². The Labute approximate surface area is 190 Å². The second-order valence-corrected chi connectivity index (χ2v) is 7.26. The zero-order valence-electron chi connectivity index (χ0n) is 16.8. The molecule has 33 heavy (non-hydrogen) atoms. The number of rotatable bonds is 6. The van der Waals surface area contributed by atoms with Crippen molar-refractivity contribution in [2.45, 2.75) is 5.92 Å². The van der Waals surface area contributed by atoms with Gasteiger partial charge in [0.25, 0.3) is 17.7 Å². The number of primary amides is 1. The molecule has 0 unspecified atom stereocenters. The first-order valence-corrected chi connectivity index (χ1v) is 9.92. The van der Waals surface area contributed by atoms with Crippen LogP contribution in [0, 0.1) is 0 Å². The molecule has 1 aliphatic rings. The molecule has 1 aliphatic heterocycles. The fourth-order valence-electron chi connectivity index (χ4n) is 2.97. The summed E-state index contributed by atoms with van der Waals surface area (Å²) in [5, 5.41) is 5.73. The van der Waals surface area contributed by atoms with E-state index in [9.17, 15) is 18.4 Å². The van der Waals surface area contributed by atoms with Crippen molar-refractivity contribution in [2.75, 3.05) is 23.8 Å². The summed E-state index contributed by atoms with van der Waals surface area (Å²) in [5.74, 6) is -5.31. The quantitative estimate of drug-likeness (QED) is 0.497. The molecule has 2 heterocycles. The summed E-state index contributed by atoms with van der Waals surface area (Å²) in [7, 11) is 0. The van der Waals surface area contributed by atoms with E-state index in [-0.39, 0.29) is 27.9 Å². The van der Waals surface area contributed by atoms with Crippen molar-refractivity contribution in [3.63, 3.8) is 0 Å². The van der Waals surface area contributed by atoms with Gasteiger partial charge in [-0.1, -0.05) is 23.7 Å². The van der Waals surface area contributed by atoms with Crippen molar-refractivity contribution in [3.8, 4) is 17.4 Å². The summed E-state index contributed by atoms with van der Waals surface area (Å²) in [6.45, 7) is 0.965. The second-order valence-electron chi connectivity index (χ2n) is 6.85. The van der Waals surface area contributed by atoms with Crippen LogP contribution in [-0.2, 0) is 10.7 Å². The highest BCUT2D eigenvalue weighted by Crippen LogP contribution is 2.38. The zero-order chi connectivity index (χ0) is 23.6. The maximum absolute atomic E-state index is 13.9. The van der Waals surface area contributed by atoms with Gasteiger partial charge in [-0.15, -0.1) is 0 Å². The van der Waals surface area contributed by atoms with Crippen LogP contribution in [0.4, 0.5) is 20.3 Å². The van der Waals surface area contributed by atoms with Crippen LogP contribution in [0.2, 0.25) is 5.02 Å². The molecule has 12 heteroatoms. The molecule has 4 rings (SSSR count). The number of halogens is 3. The topological polar surface area (TPSA) is 128 Å². The Morgan fingerprint density at radius 3 is 2.82 bits per heavy atom. The van der Waals surface area contributed by atoms with Gasteiger partial charge in [0.2, 0.25) is 5.75 Å². The van der Waals surface area contributed by atoms with E-state index < -0.39 is 23.3 Å². The summed E-state index contributed by atoms with van der Waals surface area (Å²) in [5.41, 5.74) is 4.28. The number of nitrogens with two attached hydrogens (primary N) is 1. The van der Waals surface area contributed by atoms with Gasteiger partial charge in [0.05, 0.1) is 11.6 Å². The lowest BCUT2D eigenvalue weighted by Crippen LogP contribution is -2.32. The van der Waals surface area contributed by atoms with Gasteiger partial charge in [-0.25, -0.2) is 4.98 Å². The Balaban J connectivity index is 1.56. The number of carbonyl (C=O) groups excluding carboxylic acids is 2. The Morgan fingerprint density at radius 2 is 2.03 bits per heavy atom. The van der Waals surface area contributed by atoms with E-state index in [1.807, 2.05) is 0 Å². The van der Waals surface area contributed by atoms with Gasteiger partial charge in [0.15, 0.2) is 5.82 Å². The van der Waals surface area contributed by atoms with Crippen molar-refractivity contribution in [1.29, 1.82) is 0 Å². The molecule has 2 amide bonds. The molecule has 0 saturated heterocycles. The molecular formula is C21H16ClF2N5O4. The number of ether oxygens (including phenoxy) is 2. The minimum Gasteiger partial charge on any atom is -0.483 e. The molecule has 0 radical (unpaired) electrons. The van der Waals surface area contributed by atoms with Crippen molar-refractivity contribution in [1.82, 2.24) is 9.97 Å². The van der Waals surface area contributed by atoms with Gasteiger partial charge in [-0.3, -0.25) is 9.59 Å². The van der Waals surface area contributed by atoms with Gasteiger partial charge in [0.1, 0.15) is 18.7 Å². The smallest absolute Gasteiger partial charge is 0.349 e. The monoisotopic (exact) mass is 475 g/mol. The molecule has 3 aromatic rings. The third-order valence-electron chi connectivity index (χ3n) is 4.60. The molecular weight excluding hydrogens is 460 g/mol. The lowest BCUT2D eigenvalue weighted by molar-refractivity contribution is -0.143. The highest BCUT2D eigenvalue weighted by Gasteiger charge is 2.38. The van der Waals surface area contributed by atoms with E-state index in [2.05, 4.69) is 20.6 Å². The summed E-state index contributed by atoms with van der Waals surface area (Å²) in [6.07, 6.45) is 1.29. The number of aromatic nitrogens is 2. The van der Waals surface area contributed by atoms with Crippen LogP contribution < -0.4 is 25.8 Å². The zero-order valence-corrected chi connectivity index (χ0v) is 17.5. The van der Waals surface area contributed by atoms with E-state index in [4.69, 9.17) is 26.8 Å². The summed E-state index contributed by atoms with van der Waals surface area (Å²) in [4.78, 5) is 31.8. The first-order valence-electron chi connectivity index (χ1n) is 9.54. The number of carbonyl (C=O) groups is 2. The Bertz CT molecular complexity index is 1240. The summed E-state index contributed by atoms with van der Waals surface area (Å²) in [6, 6.07) is 8.90. The minimum absolute atomic E-state index is 0.0418. The molecule has 4 N–H and O–H groups in total. The maximum atomic E-state index is 13.9. The third kappa shape index (κ3) is 4.62. The van der Waals surface area contributed by atoms with Crippen molar-refractivity contribution >= 4 is 34.9 Å². The predicted molar refractivity (Wildman–Crippen MR) is 115 cm³/mol. The highest BCUT2D eigenvalue weighted by molar-refractivity contribution is 6.32. The Hall–Kier alpha value is -3.99. The number of hydrogen-bond acceptors (Lipinski definition) is 7. The van der Waals surface area contributed by atoms with Crippen LogP contribution >= 0.6 is 11.6 Å². The van der Waals surface area contributed by atoms with Gasteiger partial charge in [-0.05, 0) is 30.3 Å². The van der Waals surface area contributed by atoms with Crippen molar-refractivity contribution < 1.29 is 27.8 Å². The fourth-order valence-corrected chi connectivity index (χ4v) is 3.13. The average Bonchev–Trinajstić information content (AvgIpc) is 2.80. The lowest BCUT2D eigenvalue weighted by atomic mass is 10.1. The molecule has 0 spiro atoms. The summed E-state index contributed by atoms with van der Waals surface area (Å²) < 4.78 is 39.1. The number of alkyl halides is 2. The molecule has 2 aromatic carbocycles. The maximum Gasteiger partial charge on any atom is 0.349 e. The number of benzene rings is 2. The molecule has 0 atom stereocenters. The highest BCUT2D eigenvalue weighted by atomic mass is 35.5. The molecule has 0 aliphatic carbocycles. The van der Waals surface area contributed by atoms with Crippen LogP contribution in [0.15, 0.2) is 48.8 Å². The van der Waals surface area contributed by atoms with Crippen LogP contribution in [0.1, 0.15) is 15.9 Å². The van der Waals surface area contributed by atoms with E-state index in [1.54, 1.807) is 0 Å². The number of nitrogens with zero attached hydrogens (tertiary/aromatic N) is 2. The number of hydrogen-bond donors (Lipinski definition) is 3. The first kappa shape index (κ1) is 22.2. The van der Waals surface area contributed by atoms with Gasteiger partial charge < -0.3 is 25.8 Å². The van der Waals surface area contributed by atoms with E-state index in [0.29, 0.717) is 24.7 Å². The number of amides is 2. The number of anilines is 2. The number of fused-ring (bicyclic) bond motifs is 1. The van der Waals surface area contributed by atoms with Crippen LogP contribution in [0.25, 0.3) is 0 Å². The van der Waals surface area contributed by atoms with E-state index >= 15 is 0 Å².